The van der Waals surface area contributed by atoms with Gasteiger partial charge < -0.3 is 10.2 Å². The molecule has 0 unspecified atom stereocenters. The molecule has 26 heavy (non-hydrogen) atoms. The number of carbonyl (C=O) groups excluding carboxylic acids is 2. The van der Waals surface area contributed by atoms with Gasteiger partial charge in [0.15, 0.2) is 11.6 Å². The fourth-order valence-electron chi connectivity index (χ4n) is 7.70. The predicted molar refractivity (Wildman–Crippen MR) is 98.3 cm³/mol. The molecule has 0 aliphatic heterocycles. The summed E-state index contributed by atoms with van der Waals surface area (Å²) in [5.74, 6) is 1.03. The number of Topliss-reactive ketones (excluding diaryl/α,β-unsaturated/α-hetero) is 1. The monoisotopic (exact) mass is 360 g/mol. The molecule has 4 nitrogen and oxygen atoms in total. The minimum Gasteiger partial charge on any atom is -0.393 e. The Bertz CT molecular complexity index is 696. The van der Waals surface area contributed by atoms with Crippen molar-refractivity contribution < 1.29 is 19.8 Å². The minimum atomic E-state index is -1.31. The van der Waals surface area contributed by atoms with Crippen molar-refractivity contribution in [1.29, 1.82) is 0 Å². The summed E-state index contributed by atoms with van der Waals surface area (Å²) in [6, 6.07) is 0. The Labute approximate surface area is 156 Å². The maximum Gasteiger partial charge on any atom is 0.161 e. The van der Waals surface area contributed by atoms with Crippen LogP contribution in [0.5, 0.6) is 0 Å². The van der Waals surface area contributed by atoms with Gasteiger partial charge in [-0.05, 0) is 74.2 Å². The second-order valence-corrected chi connectivity index (χ2v) is 10.1. The normalized spacial score (nSPS) is 53.4. The second kappa shape index (κ2) is 5.51. The quantitative estimate of drug-likeness (QED) is 0.754. The van der Waals surface area contributed by atoms with E-state index in [-0.39, 0.29) is 28.8 Å². The van der Waals surface area contributed by atoms with Gasteiger partial charge in [0.05, 0.1) is 6.10 Å². The first-order valence-corrected chi connectivity index (χ1v) is 10.2. The lowest BCUT2D eigenvalue weighted by Gasteiger charge is -2.61. The highest BCUT2D eigenvalue weighted by Gasteiger charge is 2.68. The summed E-state index contributed by atoms with van der Waals surface area (Å²) >= 11 is 0. The molecule has 2 N–H and O–H groups in total. The first-order chi connectivity index (χ1) is 12.0. The Hall–Kier alpha value is -1.00. The lowest BCUT2D eigenvalue weighted by atomic mass is 9.44. The molecule has 4 aliphatic carbocycles. The number of fused-ring (bicyclic) bond motifs is 5. The highest BCUT2D eigenvalue weighted by atomic mass is 16.3. The molecule has 3 fully saturated rings. The molecule has 4 rings (SSSR count). The van der Waals surface area contributed by atoms with E-state index in [2.05, 4.69) is 13.8 Å². The SMILES string of the molecule is CC(=O)[C@@]1(O)CC[C@@H]2[C@@H]3C[C@H](C)C4=CC(=O)CC[C@]4(C)[C@@H]3[C@H](O)C[C@@]21C. The zero-order chi connectivity index (χ0) is 19.1. The van der Waals surface area contributed by atoms with Crippen molar-refractivity contribution in [3.05, 3.63) is 11.6 Å². The topological polar surface area (TPSA) is 74.6 Å². The fourth-order valence-corrected chi connectivity index (χ4v) is 7.70. The highest BCUT2D eigenvalue weighted by molar-refractivity contribution is 5.91. The Morgan fingerprint density at radius 3 is 2.62 bits per heavy atom. The van der Waals surface area contributed by atoms with Crippen molar-refractivity contribution in [3.8, 4) is 0 Å². The standard InChI is InChI=1S/C22H32O4/c1-12-9-15-16-6-8-22(26,13(2)23)21(16,4)11-18(25)19(15)20(3)7-5-14(24)10-17(12)20/h10,12,15-16,18-19,25-26H,5-9,11H2,1-4H3/t12-,15-,16+,18+,19-,20-,21-,22-/m0/s1. The largest absolute Gasteiger partial charge is 0.393 e. The smallest absolute Gasteiger partial charge is 0.161 e. The minimum absolute atomic E-state index is 0.116. The molecular formula is C22H32O4. The van der Waals surface area contributed by atoms with Crippen LogP contribution in [-0.4, -0.2) is 33.5 Å². The third-order valence-electron chi connectivity index (χ3n) is 8.95. The van der Waals surface area contributed by atoms with Crippen LogP contribution < -0.4 is 0 Å². The molecule has 0 amide bonds. The van der Waals surface area contributed by atoms with Crippen molar-refractivity contribution in [2.45, 2.75) is 77.9 Å². The Balaban J connectivity index is 1.79. The molecule has 8 atom stereocenters. The Morgan fingerprint density at radius 1 is 1.27 bits per heavy atom. The van der Waals surface area contributed by atoms with Crippen molar-refractivity contribution in [2.75, 3.05) is 0 Å². The number of allylic oxidation sites excluding steroid dienone is 1. The maximum absolute atomic E-state index is 12.3. The molecule has 0 aromatic rings. The van der Waals surface area contributed by atoms with Crippen molar-refractivity contribution in [1.82, 2.24) is 0 Å². The molecule has 0 bridgehead atoms. The van der Waals surface area contributed by atoms with Gasteiger partial charge in [0.25, 0.3) is 0 Å². The van der Waals surface area contributed by atoms with Gasteiger partial charge in [0, 0.05) is 11.8 Å². The van der Waals surface area contributed by atoms with Crippen molar-refractivity contribution in [2.24, 2.45) is 34.5 Å². The molecule has 0 saturated heterocycles. The number of ketones is 2. The van der Waals surface area contributed by atoms with E-state index in [0.29, 0.717) is 31.1 Å². The van der Waals surface area contributed by atoms with Crippen LogP contribution >= 0.6 is 0 Å². The van der Waals surface area contributed by atoms with E-state index in [1.54, 1.807) is 0 Å². The summed E-state index contributed by atoms with van der Waals surface area (Å²) in [5, 5.41) is 22.5. The van der Waals surface area contributed by atoms with E-state index in [9.17, 15) is 19.8 Å². The van der Waals surface area contributed by atoms with Gasteiger partial charge in [-0.2, -0.15) is 0 Å². The second-order valence-electron chi connectivity index (χ2n) is 10.1. The van der Waals surface area contributed by atoms with Crippen molar-refractivity contribution in [3.63, 3.8) is 0 Å². The summed E-state index contributed by atoms with van der Waals surface area (Å²) in [7, 11) is 0. The average Bonchev–Trinajstić information content (AvgIpc) is 2.81. The lowest BCUT2D eigenvalue weighted by molar-refractivity contribution is -0.181. The molecular weight excluding hydrogens is 328 g/mol. The zero-order valence-electron chi connectivity index (χ0n) is 16.4. The summed E-state index contributed by atoms with van der Waals surface area (Å²) < 4.78 is 0. The van der Waals surface area contributed by atoms with Crippen LogP contribution in [0, 0.1) is 34.5 Å². The first kappa shape index (κ1) is 18.4. The van der Waals surface area contributed by atoms with Gasteiger partial charge in [-0.3, -0.25) is 9.59 Å². The maximum atomic E-state index is 12.3. The van der Waals surface area contributed by atoms with E-state index < -0.39 is 17.1 Å². The number of aliphatic hydroxyl groups is 2. The predicted octanol–water partition coefficient (Wildman–Crippen LogP) is 3.06. The van der Waals surface area contributed by atoms with Crippen LogP contribution in [0.15, 0.2) is 11.6 Å². The number of hydrogen-bond acceptors (Lipinski definition) is 4. The number of hydrogen-bond donors (Lipinski definition) is 2. The van der Waals surface area contributed by atoms with Crippen LogP contribution in [0.1, 0.15) is 66.2 Å². The zero-order valence-corrected chi connectivity index (χ0v) is 16.4. The summed E-state index contributed by atoms with van der Waals surface area (Å²) in [6.45, 7) is 7.94. The van der Waals surface area contributed by atoms with Gasteiger partial charge in [-0.25, -0.2) is 0 Å². The molecule has 0 heterocycles. The Kier molecular flexibility index (Phi) is 3.89. The number of rotatable bonds is 1. The first-order valence-electron chi connectivity index (χ1n) is 10.2. The van der Waals surface area contributed by atoms with Crippen molar-refractivity contribution >= 4 is 11.6 Å². The molecule has 0 radical (unpaired) electrons. The summed E-state index contributed by atoms with van der Waals surface area (Å²) in [6.07, 6.45) is 5.44. The molecule has 0 spiro atoms. The Morgan fingerprint density at radius 2 is 1.96 bits per heavy atom. The van der Waals surface area contributed by atoms with Gasteiger partial charge in [0.1, 0.15) is 5.60 Å². The van der Waals surface area contributed by atoms with Crippen LogP contribution in [-0.2, 0) is 9.59 Å². The van der Waals surface area contributed by atoms with E-state index >= 15 is 0 Å². The third kappa shape index (κ3) is 2.09. The summed E-state index contributed by atoms with van der Waals surface area (Å²) in [5.41, 5.74) is -0.792. The molecule has 3 saturated carbocycles. The molecule has 0 aromatic heterocycles. The van der Waals surface area contributed by atoms with Gasteiger partial charge in [-0.1, -0.05) is 26.3 Å². The third-order valence-corrected chi connectivity index (χ3v) is 8.95. The van der Waals surface area contributed by atoms with Crippen LogP contribution in [0.3, 0.4) is 0 Å². The van der Waals surface area contributed by atoms with E-state index in [4.69, 9.17) is 0 Å². The highest BCUT2D eigenvalue weighted by Crippen LogP contribution is 2.68. The van der Waals surface area contributed by atoms with Crippen LogP contribution in [0.25, 0.3) is 0 Å². The van der Waals surface area contributed by atoms with Crippen LogP contribution in [0.4, 0.5) is 0 Å². The fraction of sp³-hybridized carbons (Fsp3) is 0.818. The molecule has 4 aliphatic rings. The van der Waals surface area contributed by atoms with E-state index in [1.807, 2.05) is 13.0 Å². The van der Waals surface area contributed by atoms with E-state index in [0.717, 1.165) is 19.3 Å². The van der Waals surface area contributed by atoms with Gasteiger partial charge >= 0.3 is 0 Å². The van der Waals surface area contributed by atoms with E-state index in [1.165, 1.54) is 12.5 Å². The van der Waals surface area contributed by atoms with Gasteiger partial charge in [-0.15, -0.1) is 0 Å². The van der Waals surface area contributed by atoms with Crippen LogP contribution in [0.2, 0.25) is 0 Å². The summed E-state index contributed by atoms with van der Waals surface area (Å²) in [4.78, 5) is 24.3. The molecule has 0 aromatic carbocycles. The lowest BCUT2D eigenvalue weighted by Crippen LogP contribution is -2.62. The number of carbonyl (C=O) groups is 2. The molecule has 144 valence electrons. The number of aliphatic hydroxyl groups excluding tert-OH is 1. The molecule has 4 heteroatoms. The van der Waals surface area contributed by atoms with Gasteiger partial charge in [0.2, 0.25) is 0 Å². The average molecular weight is 360 g/mol.